The zero-order valence-electron chi connectivity index (χ0n) is 11.9. The number of para-hydroxylation sites is 1. The van der Waals surface area contributed by atoms with Crippen LogP contribution in [0.5, 0.6) is 5.75 Å². The third kappa shape index (κ3) is 2.59. The average Bonchev–Trinajstić information content (AvgIpc) is 2.47. The van der Waals surface area contributed by atoms with Crippen LogP contribution in [0.4, 0.5) is 5.82 Å². The summed E-state index contributed by atoms with van der Waals surface area (Å²) in [6.07, 6.45) is 5.45. The molecule has 0 N–H and O–H groups in total. The minimum Gasteiger partial charge on any atom is -0.493 e. The summed E-state index contributed by atoms with van der Waals surface area (Å²) in [5.74, 6) is 2.43. The maximum absolute atomic E-state index is 5.85. The molecule has 2 heterocycles. The van der Waals surface area contributed by atoms with Crippen molar-refractivity contribution in [3.8, 4) is 5.75 Å². The van der Waals surface area contributed by atoms with Gasteiger partial charge in [-0.1, -0.05) is 18.2 Å². The Balaban J connectivity index is 1.77. The third-order valence-corrected chi connectivity index (χ3v) is 3.61. The second kappa shape index (κ2) is 5.49. The second-order valence-electron chi connectivity index (χ2n) is 5.41. The maximum atomic E-state index is 5.85. The van der Waals surface area contributed by atoms with E-state index in [-0.39, 0.29) is 0 Å². The Morgan fingerprint density at radius 2 is 2.00 bits per heavy atom. The van der Waals surface area contributed by atoms with Crippen LogP contribution < -0.4 is 9.64 Å². The van der Waals surface area contributed by atoms with Gasteiger partial charge < -0.3 is 9.64 Å². The van der Waals surface area contributed by atoms with Crippen molar-refractivity contribution in [2.24, 2.45) is 5.92 Å². The highest BCUT2D eigenvalue weighted by Gasteiger charge is 2.22. The molecule has 0 saturated heterocycles. The lowest BCUT2D eigenvalue weighted by Crippen LogP contribution is -2.24. The van der Waals surface area contributed by atoms with E-state index in [4.69, 9.17) is 4.74 Å². The predicted octanol–water partition coefficient (Wildman–Crippen LogP) is 2.34. The molecule has 4 nitrogen and oxygen atoms in total. The number of hydrogen-bond acceptors (Lipinski definition) is 4. The minimum absolute atomic E-state index is 0.459. The van der Waals surface area contributed by atoms with Gasteiger partial charge in [0.2, 0.25) is 0 Å². The van der Waals surface area contributed by atoms with Crippen molar-refractivity contribution in [2.45, 2.75) is 12.8 Å². The van der Waals surface area contributed by atoms with Crippen LogP contribution in [0.15, 0.2) is 36.7 Å². The number of aromatic nitrogens is 2. The zero-order chi connectivity index (χ0) is 13.9. The first-order chi connectivity index (χ1) is 9.74. The highest BCUT2D eigenvalue weighted by Crippen LogP contribution is 2.29. The largest absolute Gasteiger partial charge is 0.493 e. The summed E-state index contributed by atoms with van der Waals surface area (Å²) in [5, 5.41) is 0. The molecule has 0 fully saturated rings. The van der Waals surface area contributed by atoms with Gasteiger partial charge in [0.1, 0.15) is 11.6 Å². The molecule has 104 valence electrons. The van der Waals surface area contributed by atoms with Crippen LogP contribution in [0, 0.1) is 5.92 Å². The summed E-state index contributed by atoms with van der Waals surface area (Å²) >= 11 is 0. The SMILES string of the molecule is CN(C)c1nccnc1CC1COc2ccccc2C1. The van der Waals surface area contributed by atoms with Crippen LogP contribution in [0.2, 0.25) is 0 Å². The smallest absolute Gasteiger partial charge is 0.149 e. The third-order valence-electron chi connectivity index (χ3n) is 3.61. The lowest BCUT2D eigenvalue weighted by molar-refractivity contribution is 0.220. The Kier molecular flexibility index (Phi) is 3.54. The summed E-state index contributed by atoms with van der Waals surface area (Å²) in [5.41, 5.74) is 2.34. The summed E-state index contributed by atoms with van der Waals surface area (Å²) in [7, 11) is 4.00. The van der Waals surface area contributed by atoms with E-state index in [1.165, 1.54) is 5.56 Å². The molecular formula is C16H19N3O. The summed E-state index contributed by atoms with van der Waals surface area (Å²) in [6, 6.07) is 8.27. The Bertz CT molecular complexity index is 598. The van der Waals surface area contributed by atoms with Gasteiger partial charge in [-0.15, -0.1) is 0 Å². The molecule has 4 heteroatoms. The number of anilines is 1. The Hall–Kier alpha value is -2.10. The summed E-state index contributed by atoms with van der Waals surface area (Å²) in [4.78, 5) is 10.9. The molecular weight excluding hydrogens is 250 g/mol. The van der Waals surface area contributed by atoms with Gasteiger partial charge in [-0.2, -0.15) is 0 Å². The minimum atomic E-state index is 0.459. The van der Waals surface area contributed by atoms with Gasteiger partial charge in [0, 0.05) is 32.4 Å². The molecule has 1 aromatic carbocycles. The molecule has 2 aromatic rings. The molecule has 1 unspecified atom stereocenters. The van der Waals surface area contributed by atoms with Crippen molar-refractivity contribution in [1.29, 1.82) is 0 Å². The van der Waals surface area contributed by atoms with Crippen LogP contribution >= 0.6 is 0 Å². The van der Waals surface area contributed by atoms with Gasteiger partial charge in [-0.25, -0.2) is 4.98 Å². The van der Waals surface area contributed by atoms with Gasteiger partial charge in [0.05, 0.1) is 12.3 Å². The number of nitrogens with zero attached hydrogens (tertiary/aromatic N) is 3. The highest BCUT2D eigenvalue weighted by molar-refractivity contribution is 5.42. The predicted molar refractivity (Wildman–Crippen MR) is 79.2 cm³/mol. The Morgan fingerprint density at radius 1 is 1.20 bits per heavy atom. The average molecular weight is 269 g/mol. The number of hydrogen-bond donors (Lipinski definition) is 0. The Labute approximate surface area is 119 Å². The second-order valence-corrected chi connectivity index (χ2v) is 5.41. The first-order valence-corrected chi connectivity index (χ1v) is 6.92. The molecule has 1 aliphatic rings. The number of fused-ring (bicyclic) bond motifs is 1. The van der Waals surface area contributed by atoms with E-state index in [2.05, 4.69) is 22.1 Å². The van der Waals surface area contributed by atoms with Gasteiger partial charge in [0.15, 0.2) is 0 Å². The van der Waals surface area contributed by atoms with Crippen molar-refractivity contribution >= 4 is 5.82 Å². The molecule has 0 bridgehead atoms. The molecule has 1 aromatic heterocycles. The monoisotopic (exact) mass is 269 g/mol. The quantitative estimate of drug-likeness (QED) is 0.857. The zero-order valence-corrected chi connectivity index (χ0v) is 11.9. The van der Waals surface area contributed by atoms with Gasteiger partial charge in [-0.05, 0) is 24.5 Å². The molecule has 0 aliphatic carbocycles. The fourth-order valence-electron chi connectivity index (χ4n) is 2.67. The molecule has 0 saturated carbocycles. The van der Waals surface area contributed by atoms with Crippen LogP contribution in [0.1, 0.15) is 11.3 Å². The molecule has 3 rings (SSSR count). The van der Waals surface area contributed by atoms with Crippen molar-refractivity contribution in [2.75, 3.05) is 25.6 Å². The molecule has 0 radical (unpaired) electrons. The molecule has 0 spiro atoms. The molecule has 1 aliphatic heterocycles. The van der Waals surface area contributed by atoms with Crippen molar-refractivity contribution in [1.82, 2.24) is 9.97 Å². The molecule has 20 heavy (non-hydrogen) atoms. The van der Waals surface area contributed by atoms with Crippen molar-refractivity contribution < 1.29 is 4.74 Å². The van der Waals surface area contributed by atoms with Gasteiger partial charge in [0.25, 0.3) is 0 Å². The van der Waals surface area contributed by atoms with E-state index in [1.807, 2.05) is 31.1 Å². The van der Waals surface area contributed by atoms with Crippen molar-refractivity contribution in [3.05, 3.63) is 47.9 Å². The standard InChI is InChI=1S/C16H19N3O/c1-19(2)16-14(17-7-8-18-16)10-12-9-13-5-3-4-6-15(13)20-11-12/h3-8,12H,9-11H2,1-2H3. The first kappa shape index (κ1) is 12.9. The van der Waals surface area contributed by atoms with Crippen molar-refractivity contribution in [3.63, 3.8) is 0 Å². The molecule has 0 amide bonds. The van der Waals surface area contributed by atoms with Crippen LogP contribution in [0.25, 0.3) is 0 Å². The molecule has 1 atom stereocenters. The lowest BCUT2D eigenvalue weighted by atomic mass is 9.92. The maximum Gasteiger partial charge on any atom is 0.149 e. The van der Waals surface area contributed by atoms with E-state index in [0.29, 0.717) is 5.92 Å². The fraction of sp³-hybridized carbons (Fsp3) is 0.375. The van der Waals surface area contributed by atoms with Gasteiger partial charge >= 0.3 is 0 Å². The number of ether oxygens (including phenoxy) is 1. The summed E-state index contributed by atoms with van der Waals surface area (Å²) in [6.45, 7) is 0.750. The van der Waals surface area contributed by atoms with E-state index in [9.17, 15) is 0 Å². The normalized spacial score (nSPS) is 17.2. The van der Waals surface area contributed by atoms with E-state index >= 15 is 0 Å². The Morgan fingerprint density at radius 3 is 2.85 bits per heavy atom. The first-order valence-electron chi connectivity index (χ1n) is 6.92. The number of benzene rings is 1. The van der Waals surface area contributed by atoms with Gasteiger partial charge in [-0.3, -0.25) is 4.98 Å². The lowest BCUT2D eigenvalue weighted by Gasteiger charge is -2.26. The van der Waals surface area contributed by atoms with Crippen LogP contribution in [-0.4, -0.2) is 30.7 Å². The summed E-state index contributed by atoms with van der Waals surface area (Å²) < 4.78 is 5.85. The topological polar surface area (TPSA) is 38.2 Å². The van der Waals surface area contributed by atoms with E-state index in [0.717, 1.165) is 36.7 Å². The van der Waals surface area contributed by atoms with Crippen LogP contribution in [0.3, 0.4) is 0 Å². The van der Waals surface area contributed by atoms with E-state index in [1.54, 1.807) is 12.4 Å². The van der Waals surface area contributed by atoms with Crippen LogP contribution in [-0.2, 0) is 12.8 Å². The fourth-order valence-corrected chi connectivity index (χ4v) is 2.67. The highest BCUT2D eigenvalue weighted by atomic mass is 16.5. The van der Waals surface area contributed by atoms with E-state index < -0.39 is 0 Å². The number of rotatable bonds is 3.